The lowest BCUT2D eigenvalue weighted by Gasteiger charge is -2.12. The van der Waals surface area contributed by atoms with E-state index in [-0.39, 0.29) is 12.2 Å². The quantitative estimate of drug-likeness (QED) is 0.166. The highest BCUT2D eigenvalue weighted by molar-refractivity contribution is 7.91. The van der Waals surface area contributed by atoms with Gasteiger partial charge in [0.05, 0.1) is 23.6 Å². The Morgan fingerprint density at radius 1 is 1.02 bits per heavy atom. The van der Waals surface area contributed by atoms with Gasteiger partial charge < -0.3 is 19.9 Å². The van der Waals surface area contributed by atoms with E-state index in [0.29, 0.717) is 33.5 Å². The minimum atomic E-state index is -4.08. The molecule has 0 saturated carbocycles. The SMILES string of the molecule is O=C(c1c(F)ccc(NS(=O)(=O)Cc2ccccc2)c1F)c1c[nH]c2ncc(-c3ccc(OCC(O)CO)cc3)cc12. The van der Waals surface area contributed by atoms with E-state index in [9.17, 15) is 22.7 Å². The van der Waals surface area contributed by atoms with Crippen LogP contribution in [0.15, 0.2) is 85.2 Å². The highest BCUT2D eigenvalue weighted by Crippen LogP contribution is 2.30. The fraction of sp³-hybridized carbons (Fsp3) is 0.133. The average Bonchev–Trinajstić information content (AvgIpc) is 3.41. The Morgan fingerprint density at radius 2 is 1.76 bits per heavy atom. The lowest BCUT2D eigenvalue weighted by molar-refractivity contribution is 0.0536. The zero-order valence-corrected chi connectivity index (χ0v) is 22.7. The standard InChI is InChI=1S/C30H25F2N3O6S/c31-25-10-11-26(35-42(39,40)17-18-4-2-1-3-5-18)28(32)27(25)29(38)24-14-34-30-23(24)12-20(13-33-30)19-6-8-22(9-7-19)41-16-21(37)15-36/h1-14,21,35-37H,15-17H2,(H,33,34). The fourth-order valence-electron chi connectivity index (χ4n) is 4.31. The number of carbonyl (C=O) groups is 1. The predicted octanol–water partition coefficient (Wildman–Crippen LogP) is 4.41. The van der Waals surface area contributed by atoms with E-state index in [1.807, 2.05) is 0 Å². The van der Waals surface area contributed by atoms with Gasteiger partial charge in [0.1, 0.15) is 29.9 Å². The van der Waals surface area contributed by atoms with Crippen LogP contribution in [0.3, 0.4) is 0 Å². The molecule has 2 aromatic heterocycles. The number of anilines is 1. The highest BCUT2D eigenvalue weighted by atomic mass is 32.2. The summed E-state index contributed by atoms with van der Waals surface area (Å²) in [6.45, 7) is -0.509. The number of aliphatic hydroxyl groups is 2. The number of benzene rings is 3. The van der Waals surface area contributed by atoms with E-state index < -0.39 is 57.2 Å². The monoisotopic (exact) mass is 593 g/mol. The van der Waals surface area contributed by atoms with Crippen LogP contribution >= 0.6 is 0 Å². The first kappa shape index (κ1) is 28.9. The van der Waals surface area contributed by atoms with Gasteiger partial charge in [-0.25, -0.2) is 22.2 Å². The van der Waals surface area contributed by atoms with Crippen molar-refractivity contribution in [3.05, 3.63) is 114 Å². The second kappa shape index (κ2) is 12.1. The molecule has 5 aromatic rings. The van der Waals surface area contributed by atoms with Crippen LogP contribution in [0.2, 0.25) is 0 Å². The number of fused-ring (bicyclic) bond motifs is 1. The smallest absolute Gasteiger partial charge is 0.237 e. The van der Waals surface area contributed by atoms with Crippen molar-refractivity contribution in [3.63, 3.8) is 0 Å². The van der Waals surface area contributed by atoms with Gasteiger partial charge >= 0.3 is 0 Å². The molecule has 0 saturated heterocycles. The van der Waals surface area contributed by atoms with E-state index in [0.717, 1.165) is 12.1 Å². The maximum atomic E-state index is 15.5. The van der Waals surface area contributed by atoms with E-state index in [4.69, 9.17) is 9.84 Å². The van der Waals surface area contributed by atoms with Crippen molar-refractivity contribution in [2.45, 2.75) is 11.9 Å². The molecule has 216 valence electrons. The number of hydrogen-bond acceptors (Lipinski definition) is 7. The normalized spacial score (nSPS) is 12.3. The van der Waals surface area contributed by atoms with Crippen LogP contribution in [0.25, 0.3) is 22.2 Å². The summed E-state index contributed by atoms with van der Waals surface area (Å²) in [7, 11) is -4.08. The van der Waals surface area contributed by atoms with E-state index in [1.54, 1.807) is 66.9 Å². The summed E-state index contributed by atoms with van der Waals surface area (Å²) in [4.78, 5) is 20.6. The largest absolute Gasteiger partial charge is 0.491 e. The summed E-state index contributed by atoms with van der Waals surface area (Å²) in [6, 6.07) is 18.4. The molecule has 0 fully saturated rings. The number of H-pyrrole nitrogens is 1. The van der Waals surface area contributed by atoms with Gasteiger partial charge in [-0.1, -0.05) is 42.5 Å². The Kier molecular flexibility index (Phi) is 8.29. The van der Waals surface area contributed by atoms with E-state index in [2.05, 4.69) is 14.7 Å². The van der Waals surface area contributed by atoms with E-state index >= 15 is 4.39 Å². The Balaban J connectivity index is 1.42. The van der Waals surface area contributed by atoms with Gasteiger partial charge in [0.2, 0.25) is 15.8 Å². The number of ketones is 1. The summed E-state index contributed by atoms with van der Waals surface area (Å²) in [5.41, 5.74) is 0.553. The number of aromatic nitrogens is 2. The number of aromatic amines is 1. The van der Waals surface area contributed by atoms with Crippen molar-refractivity contribution in [3.8, 4) is 16.9 Å². The lowest BCUT2D eigenvalue weighted by Crippen LogP contribution is -2.21. The van der Waals surface area contributed by atoms with Gasteiger partial charge in [0.25, 0.3) is 0 Å². The summed E-state index contributed by atoms with van der Waals surface area (Å²) in [6.07, 6.45) is 1.84. The fourth-order valence-corrected chi connectivity index (χ4v) is 5.51. The van der Waals surface area contributed by atoms with Crippen molar-refractivity contribution in [1.82, 2.24) is 9.97 Å². The molecule has 9 nitrogen and oxygen atoms in total. The average molecular weight is 594 g/mol. The molecule has 0 bridgehead atoms. The number of pyridine rings is 1. The van der Waals surface area contributed by atoms with Crippen molar-refractivity contribution in [2.75, 3.05) is 17.9 Å². The van der Waals surface area contributed by atoms with Gasteiger partial charge in [-0.05, 0) is 41.5 Å². The predicted molar refractivity (Wildman–Crippen MR) is 153 cm³/mol. The van der Waals surface area contributed by atoms with Crippen molar-refractivity contribution in [1.29, 1.82) is 0 Å². The van der Waals surface area contributed by atoms with Gasteiger partial charge in [-0.15, -0.1) is 0 Å². The summed E-state index contributed by atoms with van der Waals surface area (Å²) < 4.78 is 63.2. The first-order valence-corrected chi connectivity index (χ1v) is 14.4. The van der Waals surface area contributed by atoms with Crippen molar-refractivity contribution < 1.29 is 36.9 Å². The number of carbonyl (C=O) groups excluding carboxylic acids is 1. The van der Waals surface area contributed by atoms with Crippen LogP contribution < -0.4 is 9.46 Å². The summed E-state index contributed by atoms with van der Waals surface area (Å²) in [5, 5.41) is 18.7. The zero-order valence-electron chi connectivity index (χ0n) is 21.9. The zero-order chi connectivity index (χ0) is 29.9. The molecule has 42 heavy (non-hydrogen) atoms. The molecule has 0 aliphatic carbocycles. The second-order valence-electron chi connectivity index (χ2n) is 9.45. The Labute approximate surface area is 239 Å². The first-order valence-electron chi connectivity index (χ1n) is 12.7. The first-order chi connectivity index (χ1) is 20.1. The molecule has 0 aliphatic rings. The molecule has 1 unspecified atom stereocenters. The minimum Gasteiger partial charge on any atom is -0.491 e. The highest BCUT2D eigenvalue weighted by Gasteiger charge is 2.26. The molecule has 2 heterocycles. The molecule has 1 atom stereocenters. The topological polar surface area (TPSA) is 142 Å². The Bertz CT molecular complexity index is 1850. The molecular weight excluding hydrogens is 568 g/mol. The van der Waals surface area contributed by atoms with Crippen LogP contribution in [-0.4, -0.2) is 53.7 Å². The van der Waals surface area contributed by atoms with Gasteiger partial charge in [-0.2, -0.15) is 0 Å². The Hall–Kier alpha value is -4.65. The van der Waals surface area contributed by atoms with Crippen LogP contribution in [-0.2, 0) is 15.8 Å². The molecule has 4 N–H and O–H groups in total. The third-order valence-electron chi connectivity index (χ3n) is 6.40. The number of hydrogen-bond donors (Lipinski definition) is 4. The molecule has 12 heteroatoms. The summed E-state index contributed by atoms with van der Waals surface area (Å²) >= 11 is 0. The maximum absolute atomic E-state index is 15.5. The molecular formula is C30H25F2N3O6S. The van der Waals surface area contributed by atoms with Gasteiger partial charge in [-0.3, -0.25) is 9.52 Å². The number of ether oxygens (including phenoxy) is 1. The number of aliphatic hydroxyl groups excluding tert-OH is 2. The Morgan fingerprint density at radius 3 is 2.48 bits per heavy atom. The third kappa shape index (κ3) is 6.30. The molecule has 3 aromatic carbocycles. The van der Waals surface area contributed by atoms with Crippen molar-refractivity contribution >= 4 is 32.5 Å². The lowest BCUT2D eigenvalue weighted by atomic mass is 10.00. The number of sulfonamides is 1. The second-order valence-corrected chi connectivity index (χ2v) is 11.2. The third-order valence-corrected chi connectivity index (χ3v) is 7.64. The van der Waals surface area contributed by atoms with Crippen LogP contribution in [0, 0.1) is 11.6 Å². The number of halogens is 2. The van der Waals surface area contributed by atoms with Gasteiger partial charge in [0.15, 0.2) is 5.82 Å². The van der Waals surface area contributed by atoms with Crippen LogP contribution in [0.4, 0.5) is 14.5 Å². The van der Waals surface area contributed by atoms with Crippen LogP contribution in [0.1, 0.15) is 21.5 Å². The number of rotatable bonds is 11. The number of nitrogens with one attached hydrogen (secondary N) is 2. The molecule has 0 spiro atoms. The molecule has 0 radical (unpaired) electrons. The van der Waals surface area contributed by atoms with Gasteiger partial charge in [0, 0.05) is 28.9 Å². The van der Waals surface area contributed by atoms with Crippen molar-refractivity contribution in [2.24, 2.45) is 0 Å². The molecule has 0 amide bonds. The van der Waals surface area contributed by atoms with Crippen LogP contribution in [0.5, 0.6) is 5.75 Å². The number of nitrogens with zero attached hydrogens (tertiary/aromatic N) is 1. The molecule has 5 rings (SSSR count). The molecule has 0 aliphatic heterocycles. The minimum absolute atomic E-state index is 0.0561. The maximum Gasteiger partial charge on any atom is 0.237 e. The van der Waals surface area contributed by atoms with E-state index in [1.165, 1.54) is 6.20 Å². The summed E-state index contributed by atoms with van der Waals surface area (Å²) in [5.74, 6) is -3.46.